The van der Waals surface area contributed by atoms with E-state index in [-0.39, 0.29) is 5.78 Å². The molecule has 0 aliphatic heterocycles. The lowest BCUT2D eigenvalue weighted by atomic mass is 9.98. The van der Waals surface area contributed by atoms with Gasteiger partial charge in [-0.25, -0.2) is 9.03 Å². The molecule has 0 saturated carbocycles. The summed E-state index contributed by atoms with van der Waals surface area (Å²) in [6, 6.07) is 18.9. The molecule has 38 heavy (non-hydrogen) atoms. The maximum Gasteiger partial charge on any atom is 0.193 e. The van der Waals surface area contributed by atoms with E-state index in [2.05, 4.69) is 42.1 Å². The zero-order chi connectivity index (χ0) is 26.4. The number of halogens is 2. The molecule has 0 amide bonds. The molecule has 2 aromatic carbocycles. The molecule has 0 bridgehead atoms. The second kappa shape index (κ2) is 9.74. The van der Waals surface area contributed by atoms with E-state index in [0.717, 1.165) is 42.2 Å². The summed E-state index contributed by atoms with van der Waals surface area (Å²) >= 11 is 6.97. The number of carbonyl (C=O) groups is 1. The van der Waals surface area contributed by atoms with Crippen molar-refractivity contribution in [3.8, 4) is 33.8 Å². The van der Waals surface area contributed by atoms with E-state index in [9.17, 15) is 4.79 Å². The molecule has 6 aromatic rings. The number of methoxy groups -OCH3 is 2. The fraction of sp³-hybridized carbons (Fsp3) is 0.0690. The Balaban J connectivity index is 1.29. The number of ether oxygens (including phenoxy) is 2. The molecule has 0 N–H and O–H groups in total. The van der Waals surface area contributed by atoms with Gasteiger partial charge in [-0.15, -0.1) is 0 Å². The minimum Gasteiger partial charge on any atom is -0.494 e. The molecule has 0 atom stereocenters. The largest absolute Gasteiger partial charge is 0.494 e. The zero-order valence-electron chi connectivity index (χ0n) is 20.4. The molecule has 0 radical (unpaired) electrons. The highest BCUT2D eigenvalue weighted by Gasteiger charge is 2.16. The number of carbonyl (C=O) groups excluding carboxylic acids is 1. The van der Waals surface area contributed by atoms with E-state index in [0.29, 0.717) is 22.6 Å². The van der Waals surface area contributed by atoms with Gasteiger partial charge in [-0.3, -0.25) is 4.79 Å². The Hall–Kier alpha value is -3.95. The van der Waals surface area contributed by atoms with Gasteiger partial charge in [0.15, 0.2) is 5.78 Å². The normalized spacial score (nSPS) is 11.3. The van der Waals surface area contributed by atoms with Gasteiger partial charge in [-0.1, -0.05) is 48.5 Å². The van der Waals surface area contributed by atoms with Gasteiger partial charge in [0.25, 0.3) is 0 Å². The van der Waals surface area contributed by atoms with Crippen LogP contribution in [0.5, 0.6) is 11.5 Å². The van der Waals surface area contributed by atoms with E-state index in [1.54, 1.807) is 35.6 Å². The number of hydrogen-bond acceptors (Lipinski definition) is 5. The number of nitrogens with zero attached hydrogens (tertiary/aromatic N) is 4. The smallest absolute Gasteiger partial charge is 0.193 e. The molecule has 4 aromatic heterocycles. The summed E-state index contributed by atoms with van der Waals surface area (Å²) in [5, 5.41) is 8.91. The molecule has 0 aliphatic carbocycles. The molecular formula is C29H20Br2N4O3. The van der Waals surface area contributed by atoms with Crippen molar-refractivity contribution in [2.24, 2.45) is 0 Å². The summed E-state index contributed by atoms with van der Waals surface area (Å²) in [6.45, 7) is 0. The SMILES string of the molecule is COc1cc(Br)cn2ncc(-c3ccc(C(=O)c4ccc(-c5cnn6cc(Br)cc(OC)c56)cc4)cc3)c12. The topological polar surface area (TPSA) is 70.1 Å². The van der Waals surface area contributed by atoms with Gasteiger partial charge in [-0.2, -0.15) is 10.2 Å². The summed E-state index contributed by atoms with van der Waals surface area (Å²) in [7, 11) is 3.27. The van der Waals surface area contributed by atoms with Crippen LogP contribution >= 0.6 is 31.9 Å². The maximum atomic E-state index is 13.3. The first-order valence-corrected chi connectivity index (χ1v) is 13.2. The van der Waals surface area contributed by atoms with Crippen LogP contribution in [0.15, 0.2) is 94.4 Å². The lowest BCUT2D eigenvalue weighted by Crippen LogP contribution is -2.01. The third-order valence-electron chi connectivity index (χ3n) is 6.44. The molecule has 4 heterocycles. The fourth-order valence-corrected chi connectivity index (χ4v) is 5.41. The van der Waals surface area contributed by atoms with Crippen LogP contribution in [0.2, 0.25) is 0 Å². The second-order valence-electron chi connectivity index (χ2n) is 8.64. The second-order valence-corrected chi connectivity index (χ2v) is 10.5. The Labute approximate surface area is 234 Å². The van der Waals surface area contributed by atoms with Crippen LogP contribution in [0.4, 0.5) is 0 Å². The minimum atomic E-state index is -0.0501. The standard InChI is InChI=1S/C29H20Br2N4O3/c1-37-25-11-21(30)15-34-27(25)23(13-32-34)17-3-7-19(8-4-17)29(36)20-9-5-18(6-10-20)24-14-33-35-16-22(31)12-26(38-2)28(24)35/h3-16H,1-2H3. The molecule has 188 valence electrons. The van der Waals surface area contributed by atoms with Crippen LogP contribution in [0.1, 0.15) is 15.9 Å². The van der Waals surface area contributed by atoms with Gasteiger partial charge < -0.3 is 9.47 Å². The minimum absolute atomic E-state index is 0.0501. The first-order valence-electron chi connectivity index (χ1n) is 11.6. The van der Waals surface area contributed by atoms with Gasteiger partial charge in [0.1, 0.15) is 22.5 Å². The summed E-state index contributed by atoms with van der Waals surface area (Å²) in [5.74, 6) is 1.37. The average Bonchev–Trinajstić information content (AvgIpc) is 3.56. The zero-order valence-corrected chi connectivity index (χ0v) is 23.5. The molecule has 0 unspecified atom stereocenters. The number of fused-ring (bicyclic) bond motifs is 2. The van der Waals surface area contributed by atoms with Gasteiger partial charge >= 0.3 is 0 Å². The molecule has 7 nitrogen and oxygen atoms in total. The summed E-state index contributed by atoms with van der Waals surface area (Å²) < 4.78 is 16.4. The average molecular weight is 632 g/mol. The van der Waals surface area contributed by atoms with E-state index in [4.69, 9.17) is 9.47 Å². The number of pyridine rings is 2. The van der Waals surface area contributed by atoms with Crippen molar-refractivity contribution in [2.45, 2.75) is 0 Å². The molecule has 6 rings (SSSR count). The van der Waals surface area contributed by atoms with E-state index < -0.39 is 0 Å². The molecule has 0 spiro atoms. The van der Waals surface area contributed by atoms with Crippen LogP contribution in [-0.2, 0) is 0 Å². The Kier molecular flexibility index (Phi) is 6.25. The predicted molar refractivity (Wildman–Crippen MR) is 153 cm³/mol. The number of aromatic nitrogens is 4. The van der Waals surface area contributed by atoms with E-state index in [1.807, 2.05) is 73.1 Å². The van der Waals surface area contributed by atoms with Crippen molar-refractivity contribution in [2.75, 3.05) is 14.2 Å². The van der Waals surface area contributed by atoms with Crippen LogP contribution < -0.4 is 9.47 Å². The Morgan fingerprint density at radius 3 is 1.45 bits per heavy atom. The molecule has 0 aliphatic rings. The van der Waals surface area contributed by atoms with Gasteiger partial charge in [-0.05, 0) is 55.1 Å². The van der Waals surface area contributed by atoms with Gasteiger partial charge in [0.05, 0.1) is 26.6 Å². The Morgan fingerprint density at radius 1 is 0.684 bits per heavy atom. The Bertz CT molecular complexity index is 1690. The van der Waals surface area contributed by atoms with Crippen molar-refractivity contribution < 1.29 is 14.3 Å². The van der Waals surface area contributed by atoms with E-state index >= 15 is 0 Å². The van der Waals surface area contributed by atoms with Crippen LogP contribution in [0.3, 0.4) is 0 Å². The van der Waals surface area contributed by atoms with Gasteiger partial charge in [0.2, 0.25) is 0 Å². The van der Waals surface area contributed by atoms with Crippen molar-refractivity contribution in [3.05, 3.63) is 106 Å². The lowest BCUT2D eigenvalue weighted by molar-refractivity contribution is 0.103. The summed E-state index contributed by atoms with van der Waals surface area (Å²) in [6.07, 6.45) is 7.36. The summed E-state index contributed by atoms with van der Waals surface area (Å²) in [4.78, 5) is 13.3. The highest BCUT2D eigenvalue weighted by molar-refractivity contribution is 9.10. The predicted octanol–water partition coefficient (Wildman–Crippen LogP) is 7.09. The van der Waals surface area contributed by atoms with Crippen molar-refractivity contribution in [1.29, 1.82) is 0 Å². The van der Waals surface area contributed by atoms with Crippen molar-refractivity contribution in [3.63, 3.8) is 0 Å². The third kappa shape index (κ3) is 4.17. The van der Waals surface area contributed by atoms with E-state index in [1.165, 1.54) is 0 Å². The van der Waals surface area contributed by atoms with Crippen LogP contribution in [-0.4, -0.2) is 39.2 Å². The lowest BCUT2D eigenvalue weighted by Gasteiger charge is -2.08. The quantitative estimate of drug-likeness (QED) is 0.184. The maximum absolute atomic E-state index is 13.3. The highest BCUT2D eigenvalue weighted by atomic mass is 79.9. The molecule has 9 heteroatoms. The monoisotopic (exact) mass is 630 g/mol. The number of ketones is 1. The molecular weight excluding hydrogens is 612 g/mol. The molecule has 0 saturated heterocycles. The van der Waals surface area contributed by atoms with Crippen molar-refractivity contribution >= 4 is 48.7 Å². The van der Waals surface area contributed by atoms with Crippen LogP contribution in [0, 0.1) is 0 Å². The fourth-order valence-electron chi connectivity index (χ4n) is 4.61. The first-order chi connectivity index (χ1) is 18.5. The third-order valence-corrected chi connectivity index (χ3v) is 7.31. The van der Waals surface area contributed by atoms with Crippen LogP contribution in [0.25, 0.3) is 33.3 Å². The number of rotatable bonds is 6. The van der Waals surface area contributed by atoms with Crippen molar-refractivity contribution in [1.82, 2.24) is 19.2 Å². The molecule has 0 fully saturated rings. The van der Waals surface area contributed by atoms with Gasteiger partial charge in [0, 0.05) is 43.6 Å². The summed E-state index contributed by atoms with van der Waals surface area (Å²) in [5.41, 5.74) is 6.68. The number of hydrogen-bond donors (Lipinski definition) is 0. The number of benzene rings is 2. The Morgan fingerprint density at radius 2 is 1.08 bits per heavy atom. The highest BCUT2D eigenvalue weighted by Crippen LogP contribution is 2.35. The first kappa shape index (κ1) is 24.4.